The third-order valence-electron chi connectivity index (χ3n) is 7.76. The Hall–Kier alpha value is -3.81. The number of nitrogens with one attached hydrogen (secondary N) is 1. The van der Waals surface area contributed by atoms with Gasteiger partial charge in [-0.1, -0.05) is 19.1 Å². The van der Waals surface area contributed by atoms with Gasteiger partial charge in [-0.3, -0.25) is 14.4 Å². The standard InChI is InChI=1S/C32H38F3N3O6S/c1-21-17-38(22(2)20-39)31(40)16-24-15-26(36-45(41,42)28-12-10-27(43-4)11-13-28)9-14-29(24)44-30(21)19-37(3)18-23-5-7-25(8-6-23)32(33,34)35/h5-15,21-22,30,36,39H,16-20H2,1-4H3/t21-,22+,30-/m1/s1. The van der Waals surface area contributed by atoms with E-state index in [1.165, 1.54) is 43.5 Å². The molecule has 0 radical (unpaired) electrons. The summed E-state index contributed by atoms with van der Waals surface area (Å²) in [6.07, 6.45) is -4.95. The maximum atomic E-state index is 13.5. The monoisotopic (exact) mass is 649 g/mol. The molecule has 0 aromatic heterocycles. The van der Waals surface area contributed by atoms with Gasteiger partial charge >= 0.3 is 6.18 Å². The van der Waals surface area contributed by atoms with Crippen LogP contribution in [0.2, 0.25) is 0 Å². The second-order valence-corrected chi connectivity index (χ2v) is 13.1. The lowest BCUT2D eigenvalue weighted by atomic mass is 10.0. The summed E-state index contributed by atoms with van der Waals surface area (Å²) in [5, 5.41) is 9.89. The zero-order valence-electron chi connectivity index (χ0n) is 25.5. The van der Waals surface area contributed by atoms with Crippen molar-refractivity contribution in [1.82, 2.24) is 9.80 Å². The molecule has 1 heterocycles. The van der Waals surface area contributed by atoms with E-state index in [0.29, 0.717) is 42.3 Å². The highest BCUT2D eigenvalue weighted by molar-refractivity contribution is 7.92. The predicted octanol–water partition coefficient (Wildman–Crippen LogP) is 4.80. The molecule has 3 aromatic rings. The summed E-state index contributed by atoms with van der Waals surface area (Å²) in [5.41, 5.74) is 0.689. The van der Waals surface area contributed by atoms with E-state index >= 15 is 0 Å². The normalized spacial score (nSPS) is 18.3. The third kappa shape index (κ3) is 8.68. The number of benzene rings is 3. The summed E-state index contributed by atoms with van der Waals surface area (Å²) in [6.45, 7) is 4.47. The van der Waals surface area contributed by atoms with Crippen LogP contribution >= 0.6 is 0 Å². The number of amides is 1. The van der Waals surface area contributed by atoms with E-state index in [2.05, 4.69) is 4.72 Å². The van der Waals surface area contributed by atoms with Gasteiger partial charge in [-0.05, 0) is 74.1 Å². The van der Waals surface area contributed by atoms with E-state index < -0.39 is 33.9 Å². The number of rotatable bonds is 10. The first kappa shape index (κ1) is 34.1. The zero-order valence-corrected chi connectivity index (χ0v) is 26.4. The summed E-state index contributed by atoms with van der Waals surface area (Å²) in [5.74, 6) is 0.477. The Morgan fingerprint density at radius 2 is 1.78 bits per heavy atom. The van der Waals surface area contributed by atoms with Crippen molar-refractivity contribution in [2.24, 2.45) is 5.92 Å². The molecule has 1 aliphatic heterocycles. The molecule has 13 heteroatoms. The van der Waals surface area contributed by atoms with E-state index in [0.717, 1.165) is 12.1 Å². The highest BCUT2D eigenvalue weighted by Gasteiger charge is 2.32. The topological polar surface area (TPSA) is 108 Å². The van der Waals surface area contributed by atoms with Crippen LogP contribution in [0, 0.1) is 5.92 Å². The number of hydrogen-bond donors (Lipinski definition) is 2. The van der Waals surface area contributed by atoms with Gasteiger partial charge in [0.05, 0.1) is 36.6 Å². The molecule has 0 fully saturated rings. The highest BCUT2D eigenvalue weighted by Crippen LogP contribution is 2.31. The number of likely N-dealkylation sites (N-methyl/N-ethyl adjacent to an activating group) is 1. The zero-order chi connectivity index (χ0) is 32.9. The van der Waals surface area contributed by atoms with Crippen molar-refractivity contribution in [2.45, 2.75) is 50.0 Å². The molecule has 45 heavy (non-hydrogen) atoms. The smallest absolute Gasteiger partial charge is 0.416 e. The third-order valence-corrected chi connectivity index (χ3v) is 9.16. The van der Waals surface area contributed by atoms with Crippen LogP contribution in [0.3, 0.4) is 0 Å². The molecule has 0 spiro atoms. The van der Waals surface area contributed by atoms with Crippen molar-refractivity contribution < 1.29 is 41.0 Å². The van der Waals surface area contributed by atoms with Crippen LogP contribution in [0.25, 0.3) is 0 Å². The predicted molar refractivity (Wildman–Crippen MR) is 164 cm³/mol. The number of aliphatic hydroxyl groups is 1. The van der Waals surface area contributed by atoms with Crippen LogP contribution in [-0.4, -0.2) is 75.2 Å². The van der Waals surface area contributed by atoms with Gasteiger partial charge in [0.1, 0.15) is 17.6 Å². The summed E-state index contributed by atoms with van der Waals surface area (Å²) in [4.78, 5) is 17.1. The molecule has 1 amide bonds. The Morgan fingerprint density at radius 3 is 2.38 bits per heavy atom. The SMILES string of the molecule is COc1ccc(S(=O)(=O)Nc2ccc3c(c2)CC(=O)N([C@@H](C)CO)C[C@@H](C)[C@@H](CN(C)Cc2ccc(C(F)(F)F)cc2)O3)cc1. The van der Waals surface area contributed by atoms with Gasteiger partial charge in [-0.2, -0.15) is 13.2 Å². The number of ether oxygens (including phenoxy) is 2. The molecular weight excluding hydrogens is 611 g/mol. The van der Waals surface area contributed by atoms with Gasteiger partial charge in [-0.15, -0.1) is 0 Å². The van der Waals surface area contributed by atoms with Gasteiger partial charge in [-0.25, -0.2) is 8.42 Å². The van der Waals surface area contributed by atoms with E-state index in [4.69, 9.17) is 9.47 Å². The Bertz CT molecular complexity index is 1570. The molecule has 0 saturated heterocycles. The molecule has 0 aliphatic carbocycles. The Kier molecular flexibility index (Phi) is 10.7. The number of aliphatic hydroxyl groups excluding tert-OH is 1. The van der Waals surface area contributed by atoms with Crippen LogP contribution in [0.4, 0.5) is 18.9 Å². The highest BCUT2D eigenvalue weighted by atomic mass is 32.2. The minimum absolute atomic E-state index is 0.0343. The summed E-state index contributed by atoms with van der Waals surface area (Å²) >= 11 is 0. The van der Waals surface area contributed by atoms with Crippen molar-refractivity contribution in [3.63, 3.8) is 0 Å². The lowest BCUT2D eigenvalue weighted by Gasteiger charge is -2.34. The number of sulfonamides is 1. The largest absolute Gasteiger partial charge is 0.497 e. The van der Waals surface area contributed by atoms with E-state index in [9.17, 15) is 31.5 Å². The lowest BCUT2D eigenvalue weighted by molar-refractivity contribution is -0.137. The van der Waals surface area contributed by atoms with Crippen molar-refractivity contribution in [2.75, 3.05) is 38.6 Å². The van der Waals surface area contributed by atoms with Crippen LogP contribution in [-0.2, 0) is 34.0 Å². The first-order chi connectivity index (χ1) is 21.2. The van der Waals surface area contributed by atoms with E-state index in [1.54, 1.807) is 30.0 Å². The van der Waals surface area contributed by atoms with Gasteiger partial charge in [0.15, 0.2) is 0 Å². The number of methoxy groups -OCH3 is 1. The average molecular weight is 650 g/mol. The number of anilines is 1. The van der Waals surface area contributed by atoms with Crippen molar-refractivity contribution >= 4 is 21.6 Å². The molecule has 9 nitrogen and oxygen atoms in total. The van der Waals surface area contributed by atoms with E-state index in [-0.39, 0.29) is 35.4 Å². The fourth-order valence-corrected chi connectivity index (χ4v) is 6.21. The quantitative estimate of drug-likeness (QED) is 0.325. The first-order valence-electron chi connectivity index (χ1n) is 14.4. The van der Waals surface area contributed by atoms with Crippen LogP contribution in [0.5, 0.6) is 11.5 Å². The first-order valence-corrected chi connectivity index (χ1v) is 15.9. The molecule has 0 unspecified atom stereocenters. The molecule has 2 N–H and O–H groups in total. The molecule has 4 rings (SSSR count). The number of halogens is 3. The molecule has 3 atom stereocenters. The number of hydrogen-bond acceptors (Lipinski definition) is 7. The van der Waals surface area contributed by atoms with Crippen molar-refractivity contribution in [3.8, 4) is 11.5 Å². The molecule has 244 valence electrons. The average Bonchev–Trinajstić information content (AvgIpc) is 3.03. The number of carbonyl (C=O) groups is 1. The minimum atomic E-state index is -4.41. The van der Waals surface area contributed by atoms with Gasteiger partial charge in [0, 0.05) is 36.8 Å². The lowest BCUT2D eigenvalue weighted by Crippen LogP contribution is -2.47. The van der Waals surface area contributed by atoms with Crippen molar-refractivity contribution in [3.05, 3.63) is 83.4 Å². The van der Waals surface area contributed by atoms with Gasteiger partial charge in [0.2, 0.25) is 5.91 Å². The Labute approximate surface area is 261 Å². The molecule has 1 aliphatic rings. The fraction of sp³-hybridized carbons (Fsp3) is 0.406. The summed E-state index contributed by atoms with van der Waals surface area (Å²) in [6, 6.07) is 15.2. The maximum Gasteiger partial charge on any atom is 0.416 e. The maximum absolute atomic E-state index is 13.5. The molecule has 0 bridgehead atoms. The van der Waals surface area contributed by atoms with E-state index in [1.807, 2.05) is 18.9 Å². The fourth-order valence-electron chi connectivity index (χ4n) is 5.16. The summed E-state index contributed by atoms with van der Waals surface area (Å²) < 4.78 is 79.3. The Morgan fingerprint density at radius 1 is 1.11 bits per heavy atom. The second-order valence-electron chi connectivity index (χ2n) is 11.4. The molecule has 3 aromatic carbocycles. The minimum Gasteiger partial charge on any atom is -0.497 e. The van der Waals surface area contributed by atoms with Crippen LogP contribution in [0.15, 0.2) is 71.6 Å². The number of carbonyl (C=O) groups excluding carboxylic acids is 1. The molecule has 0 saturated carbocycles. The number of alkyl halides is 3. The number of nitrogens with zero attached hydrogens (tertiary/aromatic N) is 2. The van der Waals surface area contributed by atoms with Gasteiger partial charge in [0.25, 0.3) is 10.0 Å². The van der Waals surface area contributed by atoms with Gasteiger partial charge < -0.3 is 19.5 Å². The van der Waals surface area contributed by atoms with Crippen LogP contribution < -0.4 is 14.2 Å². The molecular formula is C32H38F3N3O6S. The van der Waals surface area contributed by atoms with Crippen LogP contribution in [0.1, 0.15) is 30.5 Å². The number of fused-ring (bicyclic) bond motifs is 1. The Balaban J connectivity index is 1.59. The second kappa shape index (κ2) is 14.1. The summed E-state index contributed by atoms with van der Waals surface area (Å²) in [7, 11) is -0.637. The van der Waals surface area contributed by atoms with Crippen molar-refractivity contribution in [1.29, 1.82) is 0 Å².